The number of benzene rings is 1. The minimum Gasteiger partial charge on any atom is -0.459 e. The summed E-state index contributed by atoms with van der Waals surface area (Å²) in [5.41, 5.74) is -2.99. The van der Waals surface area contributed by atoms with Gasteiger partial charge in [0.1, 0.15) is 22.4 Å². The van der Waals surface area contributed by atoms with E-state index in [0.29, 0.717) is 15.7 Å². The molecule has 0 fully saturated rings. The summed E-state index contributed by atoms with van der Waals surface area (Å²) in [6, 6.07) is 5.05. The van der Waals surface area contributed by atoms with Gasteiger partial charge in [0, 0.05) is 10.2 Å². The number of hydrogen-bond acceptors (Lipinski definition) is 7. The Hall–Kier alpha value is -2.68. The smallest absolute Gasteiger partial charge is 0.339 e. The van der Waals surface area contributed by atoms with E-state index in [1.54, 1.807) is 59.7 Å². The van der Waals surface area contributed by atoms with Crippen LogP contribution in [-0.4, -0.2) is 34.9 Å². The number of nitrogens with one attached hydrogen (secondary N) is 2. The Kier molecular flexibility index (Phi) is 5.78. The Labute approximate surface area is 195 Å². The summed E-state index contributed by atoms with van der Waals surface area (Å²) in [4.78, 5) is 40.4. The molecule has 0 aliphatic carbocycles. The van der Waals surface area contributed by atoms with Crippen molar-refractivity contribution in [1.29, 1.82) is 5.41 Å². The average Bonchev–Trinajstić information content (AvgIpc) is 2.84. The minimum absolute atomic E-state index is 0.0204. The number of carbonyl (C=O) groups is 3. The summed E-state index contributed by atoms with van der Waals surface area (Å²) >= 11 is 3.40. The molecule has 172 valence electrons. The van der Waals surface area contributed by atoms with Crippen molar-refractivity contribution in [1.82, 2.24) is 0 Å². The van der Waals surface area contributed by atoms with Crippen LogP contribution in [0.5, 0.6) is 0 Å². The largest absolute Gasteiger partial charge is 0.459 e. The molecule has 2 N–H and O–H groups in total. The van der Waals surface area contributed by atoms with Crippen molar-refractivity contribution in [2.45, 2.75) is 65.1 Å². The lowest BCUT2D eigenvalue weighted by Crippen LogP contribution is -2.56. The molecule has 0 radical (unpaired) electrons. The van der Waals surface area contributed by atoms with E-state index < -0.39 is 46.3 Å². The maximum Gasteiger partial charge on any atom is 0.339 e. The van der Waals surface area contributed by atoms with Gasteiger partial charge in [0.2, 0.25) is 11.8 Å². The van der Waals surface area contributed by atoms with Crippen molar-refractivity contribution in [2.75, 3.05) is 5.32 Å². The second-order valence-electron chi connectivity index (χ2n) is 9.82. The lowest BCUT2D eigenvalue weighted by Gasteiger charge is -2.41. The van der Waals surface area contributed by atoms with Crippen LogP contribution in [0.4, 0.5) is 5.69 Å². The van der Waals surface area contributed by atoms with Gasteiger partial charge in [-0.1, -0.05) is 15.9 Å². The standard InChI is InChI=1S/C23H27BrN2O6/c1-11-15(18(27)31-21(2,3)4)23(13-10-12(24)8-9-14(13)26-20(23)29)16(17(25)30-11)19(28)32-22(5,6)7/h8-10,16,25H,1-7H3,(H,26,29). The molecular weight excluding hydrogens is 480 g/mol. The van der Waals surface area contributed by atoms with Crippen molar-refractivity contribution >= 4 is 45.4 Å². The second-order valence-corrected chi connectivity index (χ2v) is 10.7. The predicted octanol–water partition coefficient (Wildman–Crippen LogP) is 4.22. The molecule has 1 amide bonds. The number of allylic oxidation sites excluding steroid dienone is 1. The van der Waals surface area contributed by atoms with Gasteiger partial charge in [0.15, 0.2) is 5.92 Å². The third kappa shape index (κ3) is 4.05. The molecule has 1 spiro atoms. The zero-order valence-corrected chi connectivity index (χ0v) is 20.7. The van der Waals surface area contributed by atoms with Gasteiger partial charge in [-0.25, -0.2) is 4.79 Å². The molecule has 32 heavy (non-hydrogen) atoms. The molecule has 1 aromatic rings. The highest BCUT2D eigenvalue weighted by Gasteiger charge is 2.65. The Morgan fingerprint density at radius 2 is 1.72 bits per heavy atom. The van der Waals surface area contributed by atoms with Gasteiger partial charge in [-0.05, 0) is 72.2 Å². The molecule has 0 aromatic heterocycles. The fourth-order valence-electron chi connectivity index (χ4n) is 4.00. The Morgan fingerprint density at radius 3 is 2.28 bits per heavy atom. The van der Waals surface area contributed by atoms with Crippen LogP contribution in [0.25, 0.3) is 0 Å². The zero-order chi connectivity index (χ0) is 24.2. The van der Waals surface area contributed by atoms with E-state index in [0.717, 1.165) is 0 Å². The monoisotopic (exact) mass is 506 g/mol. The first kappa shape index (κ1) is 24.0. The van der Waals surface area contributed by atoms with E-state index in [4.69, 9.17) is 19.6 Å². The van der Waals surface area contributed by atoms with E-state index in [2.05, 4.69) is 21.2 Å². The molecule has 0 saturated carbocycles. The third-order valence-corrected chi connectivity index (χ3v) is 5.46. The lowest BCUT2D eigenvalue weighted by molar-refractivity contribution is -0.162. The highest BCUT2D eigenvalue weighted by molar-refractivity contribution is 9.10. The summed E-state index contributed by atoms with van der Waals surface area (Å²) in [5, 5.41) is 11.3. The topological polar surface area (TPSA) is 115 Å². The first-order valence-corrected chi connectivity index (χ1v) is 10.9. The van der Waals surface area contributed by atoms with E-state index in [-0.39, 0.29) is 11.3 Å². The minimum atomic E-state index is -1.89. The van der Waals surface area contributed by atoms with Crippen LogP contribution < -0.4 is 5.32 Å². The van der Waals surface area contributed by atoms with Crippen molar-refractivity contribution in [2.24, 2.45) is 5.92 Å². The zero-order valence-electron chi connectivity index (χ0n) is 19.1. The summed E-state index contributed by atoms with van der Waals surface area (Å²) in [5.74, 6) is -4.27. The van der Waals surface area contributed by atoms with Gasteiger partial charge in [-0.15, -0.1) is 0 Å². The Bertz CT molecular complexity index is 1060. The average molecular weight is 507 g/mol. The summed E-state index contributed by atoms with van der Waals surface area (Å²) in [6.07, 6.45) is 0. The van der Waals surface area contributed by atoms with Gasteiger partial charge in [-0.2, -0.15) is 0 Å². The van der Waals surface area contributed by atoms with Crippen molar-refractivity contribution in [3.63, 3.8) is 0 Å². The van der Waals surface area contributed by atoms with Crippen molar-refractivity contribution in [3.05, 3.63) is 39.6 Å². The van der Waals surface area contributed by atoms with E-state index in [1.807, 2.05) is 0 Å². The first-order valence-electron chi connectivity index (χ1n) is 10.1. The molecular formula is C23H27BrN2O6. The molecule has 3 rings (SSSR count). The third-order valence-electron chi connectivity index (χ3n) is 4.96. The SMILES string of the molecule is CC1=C(C(=O)OC(C)(C)C)C2(C(=O)Nc3ccc(Br)cc32)C(C(=O)OC(C)(C)C)C(=N)O1. The van der Waals surface area contributed by atoms with Crippen LogP contribution in [0.2, 0.25) is 0 Å². The van der Waals surface area contributed by atoms with Crippen molar-refractivity contribution < 1.29 is 28.6 Å². The van der Waals surface area contributed by atoms with Crippen LogP contribution >= 0.6 is 15.9 Å². The lowest BCUT2D eigenvalue weighted by atomic mass is 9.64. The van der Waals surface area contributed by atoms with Crippen LogP contribution in [-0.2, 0) is 34.0 Å². The first-order chi connectivity index (χ1) is 14.6. The Balaban J connectivity index is 2.35. The van der Waals surface area contributed by atoms with E-state index >= 15 is 0 Å². The van der Waals surface area contributed by atoms with Gasteiger partial charge in [0.25, 0.3) is 0 Å². The maximum absolute atomic E-state index is 13.6. The highest BCUT2D eigenvalue weighted by atomic mass is 79.9. The van der Waals surface area contributed by atoms with E-state index in [9.17, 15) is 14.4 Å². The number of carbonyl (C=O) groups excluding carboxylic acids is 3. The fourth-order valence-corrected chi connectivity index (χ4v) is 4.36. The fraction of sp³-hybridized carbons (Fsp3) is 0.478. The second kappa shape index (κ2) is 7.72. The Morgan fingerprint density at radius 1 is 1.12 bits per heavy atom. The van der Waals surface area contributed by atoms with Crippen LogP contribution in [0, 0.1) is 11.3 Å². The summed E-state index contributed by atoms with van der Waals surface area (Å²) in [7, 11) is 0. The molecule has 0 saturated heterocycles. The van der Waals surface area contributed by atoms with E-state index in [1.165, 1.54) is 6.92 Å². The molecule has 9 heteroatoms. The number of halogens is 1. The number of fused-ring (bicyclic) bond motifs is 2. The number of anilines is 1. The van der Waals surface area contributed by atoms with Gasteiger partial charge < -0.3 is 19.5 Å². The number of esters is 2. The number of rotatable bonds is 2. The molecule has 2 heterocycles. The highest BCUT2D eigenvalue weighted by Crippen LogP contribution is 2.53. The number of hydrogen-bond donors (Lipinski definition) is 2. The number of amides is 1. The van der Waals surface area contributed by atoms with Crippen LogP contribution in [0.15, 0.2) is 34.0 Å². The molecule has 0 bridgehead atoms. The van der Waals surface area contributed by atoms with Crippen LogP contribution in [0.1, 0.15) is 54.0 Å². The van der Waals surface area contributed by atoms with Gasteiger partial charge in [-0.3, -0.25) is 15.0 Å². The molecule has 8 nitrogen and oxygen atoms in total. The van der Waals surface area contributed by atoms with Crippen LogP contribution in [0.3, 0.4) is 0 Å². The predicted molar refractivity (Wildman–Crippen MR) is 121 cm³/mol. The normalized spacial score (nSPS) is 22.9. The molecule has 2 unspecified atom stereocenters. The summed E-state index contributed by atoms with van der Waals surface area (Å²) in [6.45, 7) is 11.6. The molecule has 1 aromatic carbocycles. The summed E-state index contributed by atoms with van der Waals surface area (Å²) < 4.78 is 17.3. The van der Waals surface area contributed by atoms with Gasteiger partial charge >= 0.3 is 11.9 Å². The van der Waals surface area contributed by atoms with Gasteiger partial charge in [0.05, 0.1) is 5.57 Å². The molecule has 2 aliphatic rings. The maximum atomic E-state index is 13.6. The number of ether oxygens (including phenoxy) is 3. The molecule has 2 atom stereocenters. The molecule has 2 aliphatic heterocycles. The quantitative estimate of drug-likeness (QED) is 0.580. The van der Waals surface area contributed by atoms with Crippen molar-refractivity contribution in [3.8, 4) is 0 Å².